The molecular weight excluding hydrogens is 210 g/mol. The summed E-state index contributed by atoms with van der Waals surface area (Å²) in [6.07, 6.45) is 1.98. The Morgan fingerprint density at radius 3 is 1.82 bits per heavy atom. The highest BCUT2D eigenvalue weighted by Crippen LogP contribution is 2.30. The first-order chi connectivity index (χ1) is 7.46. The molecule has 0 saturated heterocycles. The van der Waals surface area contributed by atoms with Crippen LogP contribution in [0.5, 0.6) is 0 Å². The molecule has 2 nitrogen and oxygen atoms in total. The Labute approximate surface area is 105 Å². The van der Waals surface area contributed by atoms with E-state index in [2.05, 4.69) is 48.5 Å². The molecule has 0 fully saturated rings. The van der Waals surface area contributed by atoms with E-state index in [-0.39, 0.29) is 16.4 Å². The van der Waals surface area contributed by atoms with Gasteiger partial charge >= 0.3 is 0 Å². The third-order valence-corrected chi connectivity index (χ3v) is 3.19. The van der Waals surface area contributed by atoms with E-state index in [4.69, 9.17) is 0 Å². The van der Waals surface area contributed by atoms with Crippen molar-refractivity contribution in [2.75, 3.05) is 0 Å². The van der Waals surface area contributed by atoms with Crippen LogP contribution in [0.3, 0.4) is 0 Å². The third-order valence-electron chi connectivity index (χ3n) is 3.19. The molecule has 0 saturated carbocycles. The first-order valence-corrected chi connectivity index (χ1v) is 6.17. The summed E-state index contributed by atoms with van der Waals surface area (Å²) >= 11 is 0. The average molecular weight is 235 g/mol. The highest BCUT2D eigenvalue weighted by Gasteiger charge is 2.26. The average Bonchev–Trinajstić information content (AvgIpc) is 2.07. The summed E-state index contributed by atoms with van der Waals surface area (Å²) in [7, 11) is 1.84. The molecule has 0 amide bonds. The molecule has 0 aromatic carbocycles. The fourth-order valence-electron chi connectivity index (χ4n) is 2.46. The Hall–Kier alpha value is -1.05. The number of hydrogen-bond acceptors (Lipinski definition) is 1. The van der Waals surface area contributed by atoms with Crippen LogP contribution in [0.15, 0.2) is 11.0 Å². The van der Waals surface area contributed by atoms with Gasteiger partial charge in [-0.25, -0.2) is 0 Å². The smallest absolute Gasteiger partial charge is 0.254 e. The minimum atomic E-state index is -0.111. The highest BCUT2D eigenvalue weighted by molar-refractivity contribution is 5.39. The number of aryl methyl sites for hydroxylation is 1. The molecule has 0 unspecified atom stereocenters. The lowest BCUT2D eigenvalue weighted by atomic mass is 9.78. The second-order valence-electron chi connectivity index (χ2n) is 6.96. The molecule has 0 aliphatic carbocycles. The van der Waals surface area contributed by atoms with Gasteiger partial charge in [0, 0.05) is 18.8 Å². The van der Waals surface area contributed by atoms with E-state index in [1.54, 1.807) is 4.57 Å². The van der Waals surface area contributed by atoms with Crippen molar-refractivity contribution in [1.29, 1.82) is 0 Å². The molecule has 1 aromatic heterocycles. The van der Waals surface area contributed by atoms with Crippen LogP contribution in [0.25, 0.3) is 0 Å². The van der Waals surface area contributed by atoms with E-state index in [0.29, 0.717) is 0 Å². The van der Waals surface area contributed by atoms with Crippen LogP contribution in [0.4, 0.5) is 0 Å². The summed E-state index contributed by atoms with van der Waals surface area (Å²) < 4.78 is 1.72. The standard InChI is InChI=1S/C15H25NO/c1-10-11(14(2,3)4)9-16(8)13(17)12(10)15(5,6)7/h9H,1-8H3. The number of hydrogen-bond donors (Lipinski definition) is 0. The third kappa shape index (κ3) is 2.62. The lowest BCUT2D eigenvalue weighted by molar-refractivity contribution is 0.540. The van der Waals surface area contributed by atoms with Crippen molar-refractivity contribution < 1.29 is 0 Å². The number of rotatable bonds is 0. The fourth-order valence-corrected chi connectivity index (χ4v) is 2.46. The Morgan fingerprint density at radius 1 is 1.00 bits per heavy atom. The monoisotopic (exact) mass is 235 g/mol. The van der Waals surface area contributed by atoms with Gasteiger partial charge in [0.25, 0.3) is 5.56 Å². The second-order valence-corrected chi connectivity index (χ2v) is 6.96. The van der Waals surface area contributed by atoms with Gasteiger partial charge in [0.1, 0.15) is 0 Å². The molecular formula is C15H25NO. The molecule has 1 heterocycles. The van der Waals surface area contributed by atoms with Crippen LogP contribution in [-0.2, 0) is 17.9 Å². The van der Waals surface area contributed by atoms with Crippen LogP contribution in [0, 0.1) is 6.92 Å². The van der Waals surface area contributed by atoms with E-state index in [9.17, 15) is 4.79 Å². The Balaban J connectivity index is 3.74. The van der Waals surface area contributed by atoms with Crippen molar-refractivity contribution in [2.45, 2.75) is 59.3 Å². The topological polar surface area (TPSA) is 22.0 Å². The van der Waals surface area contributed by atoms with E-state index in [1.807, 2.05) is 13.2 Å². The lowest BCUT2D eigenvalue weighted by Crippen LogP contribution is -2.33. The van der Waals surface area contributed by atoms with Crippen LogP contribution < -0.4 is 5.56 Å². The Bertz CT molecular complexity index is 481. The SMILES string of the molecule is Cc1c(C(C)(C)C)cn(C)c(=O)c1C(C)(C)C. The molecule has 96 valence electrons. The maximum Gasteiger partial charge on any atom is 0.254 e. The zero-order valence-electron chi connectivity index (χ0n) is 12.4. The maximum absolute atomic E-state index is 12.3. The van der Waals surface area contributed by atoms with Crippen molar-refractivity contribution in [1.82, 2.24) is 4.57 Å². The summed E-state index contributed by atoms with van der Waals surface area (Å²) in [5.41, 5.74) is 3.42. The summed E-state index contributed by atoms with van der Waals surface area (Å²) in [5.74, 6) is 0. The molecule has 0 bridgehead atoms. The van der Waals surface area contributed by atoms with Crippen molar-refractivity contribution in [3.63, 3.8) is 0 Å². The van der Waals surface area contributed by atoms with Gasteiger partial charge in [-0.15, -0.1) is 0 Å². The number of pyridine rings is 1. The van der Waals surface area contributed by atoms with Gasteiger partial charge in [-0.1, -0.05) is 41.5 Å². The summed E-state index contributed by atoms with van der Waals surface area (Å²) in [6.45, 7) is 14.9. The molecule has 1 rings (SSSR count). The quantitative estimate of drug-likeness (QED) is 0.676. The first-order valence-electron chi connectivity index (χ1n) is 6.17. The molecule has 1 aromatic rings. The van der Waals surface area contributed by atoms with Crippen molar-refractivity contribution in [3.05, 3.63) is 33.2 Å². The predicted molar refractivity (Wildman–Crippen MR) is 73.8 cm³/mol. The van der Waals surface area contributed by atoms with Crippen molar-refractivity contribution >= 4 is 0 Å². The Kier molecular flexibility index (Phi) is 3.30. The van der Waals surface area contributed by atoms with E-state index < -0.39 is 0 Å². The minimum Gasteiger partial charge on any atom is -0.318 e. The molecule has 17 heavy (non-hydrogen) atoms. The molecule has 0 spiro atoms. The van der Waals surface area contributed by atoms with E-state index >= 15 is 0 Å². The van der Waals surface area contributed by atoms with E-state index in [1.165, 1.54) is 5.56 Å². The van der Waals surface area contributed by atoms with Gasteiger partial charge < -0.3 is 4.57 Å². The van der Waals surface area contributed by atoms with Crippen LogP contribution in [0.1, 0.15) is 58.2 Å². The summed E-state index contributed by atoms with van der Waals surface area (Å²) in [4.78, 5) is 12.3. The maximum atomic E-state index is 12.3. The molecule has 0 N–H and O–H groups in total. The first kappa shape index (κ1) is 14.0. The Morgan fingerprint density at radius 2 is 1.47 bits per heavy atom. The molecule has 0 radical (unpaired) electrons. The molecule has 0 aliphatic rings. The molecule has 0 aliphatic heterocycles. The lowest BCUT2D eigenvalue weighted by Gasteiger charge is -2.28. The fraction of sp³-hybridized carbons (Fsp3) is 0.667. The van der Waals surface area contributed by atoms with Crippen molar-refractivity contribution in [2.24, 2.45) is 7.05 Å². The van der Waals surface area contributed by atoms with Crippen LogP contribution in [-0.4, -0.2) is 4.57 Å². The van der Waals surface area contributed by atoms with Gasteiger partial charge in [-0.3, -0.25) is 4.79 Å². The number of aromatic nitrogens is 1. The van der Waals surface area contributed by atoms with Gasteiger partial charge in [0.15, 0.2) is 0 Å². The van der Waals surface area contributed by atoms with Gasteiger partial charge in [-0.2, -0.15) is 0 Å². The van der Waals surface area contributed by atoms with Crippen LogP contribution in [0.2, 0.25) is 0 Å². The van der Waals surface area contributed by atoms with Crippen molar-refractivity contribution in [3.8, 4) is 0 Å². The minimum absolute atomic E-state index is 0.0650. The largest absolute Gasteiger partial charge is 0.318 e. The summed E-state index contributed by atoms with van der Waals surface area (Å²) in [6, 6.07) is 0. The second kappa shape index (κ2) is 4.01. The summed E-state index contributed by atoms with van der Waals surface area (Å²) in [5, 5.41) is 0. The number of nitrogens with zero attached hydrogens (tertiary/aromatic N) is 1. The normalized spacial score (nSPS) is 12.9. The zero-order valence-corrected chi connectivity index (χ0v) is 12.4. The molecule has 0 atom stereocenters. The zero-order chi connectivity index (χ0) is 13.6. The van der Waals surface area contributed by atoms with Gasteiger partial charge in [0.2, 0.25) is 0 Å². The molecule has 2 heteroatoms. The predicted octanol–water partition coefficient (Wildman–Crippen LogP) is 3.29. The highest BCUT2D eigenvalue weighted by atomic mass is 16.1. The van der Waals surface area contributed by atoms with Gasteiger partial charge in [0.05, 0.1) is 0 Å². The van der Waals surface area contributed by atoms with E-state index in [0.717, 1.165) is 11.1 Å². The van der Waals surface area contributed by atoms with Gasteiger partial charge in [-0.05, 0) is 28.9 Å². The van der Waals surface area contributed by atoms with Crippen LogP contribution >= 0.6 is 0 Å².